The van der Waals surface area contributed by atoms with Gasteiger partial charge in [-0.1, -0.05) is 23.7 Å². The molecule has 0 bridgehead atoms. The van der Waals surface area contributed by atoms with Crippen LogP contribution in [0.3, 0.4) is 0 Å². The number of halogens is 2. The van der Waals surface area contributed by atoms with Crippen molar-refractivity contribution in [3.05, 3.63) is 77.1 Å². The van der Waals surface area contributed by atoms with Crippen molar-refractivity contribution in [1.82, 2.24) is 15.0 Å². The van der Waals surface area contributed by atoms with Crippen LogP contribution >= 0.6 is 11.6 Å². The predicted molar refractivity (Wildman–Crippen MR) is 84.1 cm³/mol. The third-order valence-electron chi connectivity index (χ3n) is 3.26. The lowest BCUT2D eigenvalue weighted by molar-refractivity contribution is 0.627. The summed E-state index contributed by atoms with van der Waals surface area (Å²) >= 11 is 5.94. The Morgan fingerprint density at radius 3 is 2.59 bits per heavy atom. The average molecular weight is 314 g/mol. The highest BCUT2D eigenvalue weighted by atomic mass is 35.5. The summed E-state index contributed by atoms with van der Waals surface area (Å²) < 4.78 is 12.9. The van der Waals surface area contributed by atoms with E-state index in [2.05, 4.69) is 15.0 Å². The summed E-state index contributed by atoms with van der Waals surface area (Å²) in [5.74, 6) is 0.383. The van der Waals surface area contributed by atoms with Crippen LogP contribution in [0.1, 0.15) is 11.3 Å². The highest BCUT2D eigenvalue weighted by molar-refractivity contribution is 6.30. The Bertz CT molecular complexity index is 775. The number of rotatable bonds is 4. The molecule has 0 amide bonds. The van der Waals surface area contributed by atoms with Gasteiger partial charge in [0, 0.05) is 29.8 Å². The van der Waals surface area contributed by atoms with Crippen LogP contribution in [0.25, 0.3) is 11.4 Å². The SMILES string of the molecule is Fc1ccc(CCc2ccnc(-c3cncc(Cl)c3)n2)cc1. The lowest BCUT2D eigenvalue weighted by Crippen LogP contribution is -1.98. The van der Waals surface area contributed by atoms with E-state index in [0.29, 0.717) is 10.8 Å². The summed E-state index contributed by atoms with van der Waals surface area (Å²) in [6.07, 6.45) is 6.54. The molecule has 2 aromatic heterocycles. The molecule has 0 N–H and O–H groups in total. The van der Waals surface area contributed by atoms with Gasteiger partial charge in [0.15, 0.2) is 5.82 Å². The molecule has 5 heteroatoms. The molecule has 0 saturated heterocycles. The Kier molecular flexibility index (Phi) is 4.39. The first-order valence-electron chi connectivity index (χ1n) is 6.88. The van der Waals surface area contributed by atoms with Crippen LogP contribution in [-0.4, -0.2) is 15.0 Å². The van der Waals surface area contributed by atoms with Gasteiger partial charge in [-0.25, -0.2) is 14.4 Å². The van der Waals surface area contributed by atoms with Crippen LogP contribution in [0.15, 0.2) is 55.0 Å². The van der Waals surface area contributed by atoms with Crippen molar-refractivity contribution in [3.8, 4) is 11.4 Å². The Morgan fingerprint density at radius 1 is 1.00 bits per heavy atom. The lowest BCUT2D eigenvalue weighted by Gasteiger charge is -2.04. The van der Waals surface area contributed by atoms with E-state index < -0.39 is 0 Å². The van der Waals surface area contributed by atoms with Crippen LogP contribution < -0.4 is 0 Å². The van der Waals surface area contributed by atoms with E-state index in [1.807, 2.05) is 6.07 Å². The first kappa shape index (κ1) is 14.6. The van der Waals surface area contributed by atoms with Gasteiger partial charge in [0.2, 0.25) is 0 Å². The predicted octanol–water partition coefficient (Wildman–Crippen LogP) is 4.12. The minimum absolute atomic E-state index is 0.221. The molecular weight excluding hydrogens is 301 g/mol. The van der Waals surface area contributed by atoms with Crippen molar-refractivity contribution in [3.63, 3.8) is 0 Å². The zero-order chi connectivity index (χ0) is 15.4. The molecule has 0 aliphatic heterocycles. The van der Waals surface area contributed by atoms with Gasteiger partial charge in [0.1, 0.15) is 5.82 Å². The second kappa shape index (κ2) is 6.62. The Hall–Kier alpha value is -2.33. The Morgan fingerprint density at radius 2 is 1.82 bits per heavy atom. The summed E-state index contributed by atoms with van der Waals surface area (Å²) in [5, 5.41) is 0.554. The maximum atomic E-state index is 12.9. The third-order valence-corrected chi connectivity index (χ3v) is 3.47. The van der Waals surface area contributed by atoms with Gasteiger partial charge < -0.3 is 0 Å². The number of pyridine rings is 1. The molecule has 0 unspecified atom stereocenters. The summed E-state index contributed by atoms with van der Waals surface area (Å²) in [6, 6.07) is 10.2. The van der Waals surface area contributed by atoms with Crippen LogP contribution in [0.2, 0.25) is 5.02 Å². The first-order valence-corrected chi connectivity index (χ1v) is 7.26. The van der Waals surface area contributed by atoms with Gasteiger partial charge in [-0.15, -0.1) is 0 Å². The molecule has 0 radical (unpaired) electrons. The van der Waals surface area contributed by atoms with E-state index in [-0.39, 0.29) is 5.82 Å². The largest absolute Gasteiger partial charge is 0.262 e. The van der Waals surface area contributed by atoms with Crippen molar-refractivity contribution in [2.75, 3.05) is 0 Å². The van der Waals surface area contributed by atoms with Crippen LogP contribution in [-0.2, 0) is 12.8 Å². The first-order chi connectivity index (χ1) is 10.7. The normalized spacial score (nSPS) is 10.6. The molecule has 0 aliphatic carbocycles. The highest BCUT2D eigenvalue weighted by Gasteiger charge is 2.05. The molecule has 3 aromatic rings. The molecule has 0 aliphatic rings. The fraction of sp³-hybridized carbons (Fsp3) is 0.118. The van der Waals surface area contributed by atoms with E-state index in [9.17, 15) is 4.39 Å². The smallest absolute Gasteiger partial charge is 0.160 e. The minimum Gasteiger partial charge on any atom is -0.262 e. The zero-order valence-corrected chi connectivity index (χ0v) is 12.5. The number of nitrogens with zero attached hydrogens (tertiary/aromatic N) is 3. The molecule has 0 atom stereocenters. The molecule has 0 fully saturated rings. The maximum Gasteiger partial charge on any atom is 0.160 e. The standard InChI is InChI=1S/C17H13ClFN3/c18-14-9-13(10-20-11-14)17-21-8-7-16(22-17)6-3-12-1-4-15(19)5-2-12/h1-2,4-5,7-11H,3,6H2. The molecule has 0 saturated carbocycles. The quantitative estimate of drug-likeness (QED) is 0.727. The number of aromatic nitrogens is 3. The molecule has 22 heavy (non-hydrogen) atoms. The van der Waals surface area contributed by atoms with Gasteiger partial charge in [-0.3, -0.25) is 4.98 Å². The average Bonchev–Trinajstić information content (AvgIpc) is 2.55. The van der Waals surface area contributed by atoms with Gasteiger partial charge in [0.05, 0.1) is 5.02 Å². The van der Waals surface area contributed by atoms with Crippen molar-refractivity contribution in [1.29, 1.82) is 0 Å². The topological polar surface area (TPSA) is 38.7 Å². The van der Waals surface area contributed by atoms with E-state index in [4.69, 9.17) is 11.6 Å². The highest BCUT2D eigenvalue weighted by Crippen LogP contribution is 2.18. The van der Waals surface area contributed by atoms with E-state index in [0.717, 1.165) is 29.7 Å². The maximum absolute atomic E-state index is 12.9. The molecule has 2 heterocycles. The Balaban J connectivity index is 1.75. The summed E-state index contributed by atoms with van der Waals surface area (Å²) in [4.78, 5) is 12.8. The second-order valence-electron chi connectivity index (χ2n) is 4.89. The van der Waals surface area contributed by atoms with Crippen molar-refractivity contribution >= 4 is 11.6 Å². The molecular formula is C17H13ClFN3. The molecule has 110 valence electrons. The van der Waals surface area contributed by atoms with Gasteiger partial charge >= 0.3 is 0 Å². The molecule has 0 spiro atoms. The molecule has 3 nitrogen and oxygen atoms in total. The number of hydrogen-bond acceptors (Lipinski definition) is 3. The number of benzene rings is 1. The third kappa shape index (κ3) is 3.65. The molecule has 3 rings (SSSR count). The van der Waals surface area contributed by atoms with Crippen molar-refractivity contribution in [2.24, 2.45) is 0 Å². The van der Waals surface area contributed by atoms with Crippen molar-refractivity contribution < 1.29 is 4.39 Å². The summed E-state index contributed by atoms with van der Waals surface area (Å²) in [5.41, 5.74) is 2.79. The molecule has 1 aromatic carbocycles. The van der Waals surface area contributed by atoms with E-state index in [1.165, 1.54) is 12.1 Å². The second-order valence-corrected chi connectivity index (χ2v) is 5.33. The Labute approximate surface area is 132 Å². The van der Waals surface area contributed by atoms with Gasteiger partial charge in [0.25, 0.3) is 0 Å². The zero-order valence-electron chi connectivity index (χ0n) is 11.7. The van der Waals surface area contributed by atoms with E-state index >= 15 is 0 Å². The van der Waals surface area contributed by atoms with Gasteiger partial charge in [-0.05, 0) is 42.7 Å². The van der Waals surface area contributed by atoms with Gasteiger partial charge in [-0.2, -0.15) is 0 Å². The fourth-order valence-corrected chi connectivity index (χ4v) is 2.31. The number of hydrogen-bond donors (Lipinski definition) is 0. The fourth-order valence-electron chi connectivity index (χ4n) is 2.13. The number of aryl methyl sites for hydroxylation is 2. The summed E-state index contributed by atoms with van der Waals surface area (Å²) in [6.45, 7) is 0. The van der Waals surface area contributed by atoms with Crippen molar-refractivity contribution in [2.45, 2.75) is 12.8 Å². The van der Waals surface area contributed by atoms with E-state index in [1.54, 1.807) is 36.8 Å². The van der Waals surface area contributed by atoms with Crippen LogP contribution in [0, 0.1) is 5.82 Å². The minimum atomic E-state index is -0.221. The lowest BCUT2D eigenvalue weighted by atomic mass is 10.1. The van der Waals surface area contributed by atoms with Crippen LogP contribution in [0.5, 0.6) is 0 Å². The summed E-state index contributed by atoms with van der Waals surface area (Å²) in [7, 11) is 0. The van der Waals surface area contributed by atoms with Crippen LogP contribution in [0.4, 0.5) is 4.39 Å². The monoisotopic (exact) mass is 313 g/mol.